The number of rotatable bonds is 9. The van der Waals surface area contributed by atoms with Gasteiger partial charge in [0.25, 0.3) is 9.05 Å². The molecule has 0 aliphatic rings. The summed E-state index contributed by atoms with van der Waals surface area (Å²) in [4.78, 5) is -0.413. The first kappa shape index (κ1) is 18.4. The summed E-state index contributed by atoms with van der Waals surface area (Å²) in [5.74, 6) is 0. The first-order valence-corrected chi connectivity index (χ1v) is 10.2. The van der Waals surface area contributed by atoms with E-state index >= 15 is 0 Å². The highest BCUT2D eigenvalue weighted by molar-refractivity contribution is 8.13. The molecule has 1 rings (SSSR count). The van der Waals surface area contributed by atoms with Crippen molar-refractivity contribution in [1.82, 2.24) is 4.72 Å². The maximum atomic E-state index is 12.0. The molecule has 0 unspecified atom stereocenters. The van der Waals surface area contributed by atoms with Crippen molar-refractivity contribution in [1.29, 1.82) is 0 Å². The fraction of sp³-hybridized carbons (Fsp3) is 0.500. The van der Waals surface area contributed by atoms with E-state index in [0.29, 0.717) is 6.61 Å². The van der Waals surface area contributed by atoms with E-state index in [-0.39, 0.29) is 22.9 Å². The summed E-state index contributed by atoms with van der Waals surface area (Å²) in [5, 5.41) is 0. The highest BCUT2D eigenvalue weighted by atomic mass is 35.7. The molecule has 0 saturated carbocycles. The van der Waals surface area contributed by atoms with E-state index in [1.807, 2.05) is 6.92 Å². The molecule has 0 aliphatic carbocycles. The van der Waals surface area contributed by atoms with Crippen molar-refractivity contribution in [3.8, 4) is 0 Å². The third kappa shape index (κ3) is 6.31. The molecule has 6 nitrogen and oxygen atoms in total. The van der Waals surface area contributed by atoms with Crippen molar-refractivity contribution in [2.24, 2.45) is 0 Å². The lowest BCUT2D eigenvalue weighted by molar-refractivity contribution is 0.136. The molecule has 0 fully saturated rings. The summed E-state index contributed by atoms with van der Waals surface area (Å²) in [7, 11) is -2.56. The molecule has 0 radical (unpaired) electrons. The van der Waals surface area contributed by atoms with E-state index in [1.165, 1.54) is 18.2 Å². The summed E-state index contributed by atoms with van der Waals surface area (Å²) in [5.41, 5.74) is 0. The highest BCUT2D eigenvalue weighted by Crippen LogP contribution is 2.18. The lowest BCUT2D eigenvalue weighted by Crippen LogP contribution is -2.27. The van der Waals surface area contributed by atoms with Gasteiger partial charge in [0, 0.05) is 23.8 Å². The molecule has 1 aromatic rings. The van der Waals surface area contributed by atoms with Gasteiger partial charge in [-0.25, -0.2) is 21.6 Å². The maximum absolute atomic E-state index is 12.0. The molecule has 1 N–H and O–H groups in total. The third-order valence-electron chi connectivity index (χ3n) is 2.58. The summed E-state index contributed by atoms with van der Waals surface area (Å²) in [6.45, 7) is 2.98. The zero-order valence-electron chi connectivity index (χ0n) is 11.6. The Bertz CT molecular complexity index is 658. The van der Waals surface area contributed by atoms with E-state index in [2.05, 4.69) is 4.72 Å². The first-order chi connectivity index (χ1) is 9.77. The van der Waals surface area contributed by atoms with Crippen LogP contribution in [0.2, 0.25) is 0 Å². The molecule has 1 aromatic carbocycles. The van der Waals surface area contributed by atoms with Crippen LogP contribution in [0.1, 0.15) is 19.8 Å². The standard InChI is InChI=1S/C12H18ClNO5S2/c1-2-3-8-19-9-7-14-21(17,18)12-6-4-5-11(10-12)20(13,15)16/h4-6,10,14H,2-3,7-9H2,1H3. The van der Waals surface area contributed by atoms with Gasteiger partial charge in [-0.05, 0) is 24.6 Å². The lowest BCUT2D eigenvalue weighted by Gasteiger charge is -2.08. The predicted molar refractivity (Wildman–Crippen MR) is 80.4 cm³/mol. The molecule has 0 spiro atoms. The van der Waals surface area contributed by atoms with E-state index in [4.69, 9.17) is 15.4 Å². The normalized spacial score (nSPS) is 12.5. The van der Waals surface area contributed by atoms with E-state index in [9.17, 15) is 16.8 Å². The van der Waals surface area contributed by atoms with Gasteiger partial charge >= 0.3 is 0 Å². The Morgan fingerprint density at radius 3 is 2.43 bits per heavy atom. The van der Waals surface area contributed by atoms with Crippen LogP contribution in [0.3, 0.4) is 0 Å². The number of benzene rings is 1. The number of ether oxygens (including phenoxy) is 1. The Kier molecular flexibility index (Phi) is 7.08. The second-order valence-corrected chi connectivity index (χ2v) is 8.61. The van der Waals surface area contributed by atoms with Crippen molar-refractivity contribution in [3.05, 3.63) is 24.3 Å². The fourth-order valence-corrected chi connectivity index (χ4v) is 3.40. The van der Waals surface area contributed by atoms with Crippen molar-refractivity contribution >= 4 is 29.8 Å². The molecule has 0 aromatic heterocycles. The number of unbranched alkanes of at least 4 members (excludes halogenated alkanes) is 1. The first-order valence-electron chi connectivity index (χ1n) is 6.39. The summed E-state index contributed by atoms with van der Waals surface area (Å²) in [6.07, 6.45) is 1.92. The van der Waals surface area contributed by atoms with Gasteiger partial charge in [-0.3, -0.25) is 0 Å². The van der Waals surface area contributed by atoms with Crippen LogP contribution >= 0.6 is 10.7 Å². The molecule has 0 bridgehead atoms. The van der Waals surface area contributed by atoms with Crippen molar-refractivity contribution in [3.63, 3.8) is 0 Å². The molecule has 0 heterocycles. The minimum absolute atomic E-state index is 0.115. The second-order valence-electron chi connectivity index (χ2n) is 4.28. The molecule has 0 saturated heterocycles. The van der Waals surface area contributed by atoms with Gasteiger partial charge < -0.3 is 4.74 Å². The molecular formula is C12H18ClNO5S2. The molecule has 9 heteroatoms. The maximum Gasteiger partial charge on any atom is 0.261 e. The van der Waals surface area contributed by atoms with E-state index in [1.54, 1.807) is 0 Å². The Morgan fingerprint density at radius 2 is 1.81 bits per heavy atom. The number of hydrogen-bond donors (Lipinski definition) is 1. The molecule has 0 amide bonds. The average molecular weight is 356 g/mol. The number of hydrogen-bond acceptors (Lipinski definition) is 5. The van der Waals surface area contributed by atoms with Crippen LogP contribution in [0.4, 0.5) is 0 Å². The Hall–Kier alpha value is -0.670. The van der Waals surface area contributed by atoms with Crippen molar-refractivity contribution < 1.29 is 21.6 Å². The third-order valence-corrected chi connectivity index (χ3v) is 5.39. The van der Waals surface area contributed by atoms with E-state index in [0.717, 1.165) is 18.9 Å². The van der Waals surface area contributed by atoms with Crippen LogP contribution in [-0.2, 0) is 23.8 Å². The lowest BCUT2D eigenvalue weighted by atomic mass is 10.4. The van der Waals surface area contributed by atoms with Gasteiger partial charge in [-0.2, -0.15) is 0 Å². The minimum Gasteiger partial charge on any atom is -0.380 e. The predicted octanol–water partition coefficient (Wildman–Crippen LogP) is 1.71. The number of nitrogens with one attached hydrogen (secondary N) is 1. The SMILES string of the molecule is CCCCOCCNS(=O)(=O)c1cccc(S(=O)(=O)Cl)c1. The monoisotopic (exact) mass is 355 g/mol. The van der Waals surface area contributed by atoms with Gasteiger partial charge in [-0.1, -0.05) is 19.4 Å². The highest BCUT2D eigenvalue weighted by Gasteiger charge is 2.17. The largest absolute Gasteiger partial charge is 0.380 e. The smallest absolute Gasteiger partial charge is 0.261 e. The van der Waals surface area contributed by atoms with Gasteiger partial charge in [0.05, 0.1) is 16.4 Å². The molecule has 0 atom stereocenters. The Morgan fingerprint density at radius 1 is 1.14 bits per heavy atom. The van der Waals surface area contributed by atoms with Crippen LogP contribution in [-0.4, -0.2) is 36.6 Å². The fourth-order valence-electron chi connectivity index (χ4n) is 1.47. The van der Waals surface area contributed by atoms with Crippen LogP contribution in [0.15, 0.2) is 34.1 Å². The molecule has 0 aliphatic heterocycles. The second kappa shape index (κ2) is 8.09. The van der Waals surface area contributed by atoms with Crippen LogP contribution in [0, 0.1) is 0 Å². The van der Waals surface area contributed by atoms with Crippen LogP contribution in [0.5, 0.6) is 0 Å². The van der Waals surface area contributed by atoms with Crippen LogP contribution in [0.25, 0.3) is 0 Å². The van der Waals surface area contributed by atoms with Crippen LogP contribution < -0.4 is 4.72 Å². The molecular weight excluding hydrogens is 338 g/mol. The number of halogens is 1. The Labute approximate surface area is 129 Å². The quantitative estimate of drug-likeness (QED) is 0.538. The molecule has 21 heavy (non-hydrogen) atoms. The number of sulfonamides is 1. The molecule has 120 valence electrons. The minimum atomic E-state index is -3.97. The summed E-state index contributed by atoms with van der Waals surface area (Å²) in [6, 6.07) is 4.87. The van der Waals surface area contributed by atoms with E-state index < -0.39 is 19.1 Å². The zero-order valence-corrected chi connectivity index (χ0v) is 14.0. The zero-order chi connectivity index (χ0) is 15.9. The van der Waals surface area contributed by atoms with Crippen molar-refractivity contribution in [2.45, 2.75) is 29.6 Å². The Balaban J connectivity index is 2.67. The van der Waals surface area contributed by atoms with Gasteiger partial charge in [-0.15, -0.1) is 0 Å². The van der Waals surface area contributed by atoms with Gasteiger partial charge in [0.1, 0.15) is 0 Å². The van der Waals surface area contributed by atoms with Crippen molar-refractivity contribution in [2.75, 3.05) is 19.8 Å². The van der Waals surface area contributed by atoms with Gasteiger partial charge in [0.15, 0.2) is 0 Å². The topological polar surface area (TPSA) is 89.5 Å². The average Bonchev–Trinajstić information content (AvgIpc) is 2.42. The van der Waals surface area contributed by atoms with Gasteiger partial charge in [0.2, 0.25) is 10.0 Å². The summed E-state index contributed by atoms with van der Waals surface area (Å²) >= 11 is 0. The summed E-state index contributed by atoms with van der Waals surface area (Å²) < 4.78 is 54.0.